The van der Waals surface area contributed by atoms with Crippen LogP contribution in [0.25, 0.3) is 0 Å². The van der Waals surface area contributed by atoms with Crippen molar-refractivity contribution in [3.05, 3.63) is 23.8 Å². The summed E-state index contributed by atoms with van der Waals surface area (Å²) in [5.41, 5.74) is 0.753. The molecule has 118 valence electrons. The highest BCUT2D eigenvalue weighted by atomic mass is 19.3. The van der Waals surface area contributed by atoms with Crippen LogP contribution in [0.15, 0.2) is 18.2 Å². The van der Waals surface area contributed by atoms with E-state index in [9.17, 15) is 8.78 Å². The van der Waals surface area contributed by atoms with E-state index in [1.807, 2.05) is 0 Å². The van der Waals surface area contributed by atoms with E-state index < -0.39 is 6.61 Å². The summed E-state index contributed by atoms with van der Waals surface area (Å²) in [6.07, 6.45) is 1.56. The molecule has 1 aromatic carbocycles. The van der Waals surface area contributed by atoms with Gasteiger partial charge in [-0.1, -0.05) is 12.1 Å². The number of alkyl halides is 2. The Morgan fingerprint density at radius 3 is 2.71 bits per heavy atom. The second kappa shape index (κ2) is 8.14. The van der Waals surface area contributed by atoms with Crippen LogP contribution >= 0.6 is 0 Å². The van der Waals surface area contributed by atoms with E-state index in [1.165, 1.54) is 7.11 Å². The lowest BCUT2D eigenvalue weighted by atomic mass is 10.1. The van der Waals surface area contributed by atoms with Crippen LogP contribution < -0.4 is 9.47 Å². The SMILES string of the molecule is COc1cccc(CCCN2CCOCC2)c1OC(F)F. The van der Waals surface area contributed by atoms with Gasteiger partial charge in [-0.15, -0.1) is 0 Å². The van der Waals surface area contributed by atoms with Crippen molar-refractivity contribution in [3.63, 3.8) is 0 Å². The van der Waals surface area contributed by atoms with E-state index in [0.717, 1.165) is 44.8 Å². The van der Waals surface area contributed by atoms with Gasteiger partial charge in [0.25, 0.3) is 0 Å². The van der Waals surface area contributed by atoms with Crippen LogP contribution in [0.3, 0.4) is 0 Å². The number of rotatable bonds is 7. The Labute approximate surface area is 123 Å². The molecule has 0 N–H and O–H groups in total. The maximum atomic E-state index is 12.5. The van der Waals surface area contributed by atoms with Gasteiger partial charge in [0.15, 0.2) is 11.5 Å². The lowest BCUT2D eigenvalue weighted by molar-refractivity contribution is -0.0518. The summed E-state index contributed by atoms with van der Waals surface area (Å²) in [6.45, 7) is 1.46. The molecule has 0 spiro atoms. The maximum Gasteiger partial charge on any atom is 0.387 e. The largest absolute Gasteiger partial charge is 0.493 e. The average Bonchev–Trinajstić information content (AvgIpc) is 2.49. The van der Waals surface area contributed by atoms with Gasteiger partial charge >= 0.3 is 6.61 Å². The molecule has 1 heterocycles. The molecule has 1 aromatic rings. The zero-order chi connectivity index (χ0) is 15.1. The van der Waals surface area contributed by atoms with Gasteiger partial charge in [-0.05, 0) is 31.0 Å². The third-order valence-corrected chi connectivity index (χ3v) is 3.51. The normalized spacial score (nSPS) is 16.2. The molecule has 0 bridgehead atoms. The fourth-order valence-electron chi connectivity index (χ4n) is 2.46. The second-order valence-electron chi connectivity index (χ2n) is 4.88. The Morgan fingerprint density at radius 2 is 2.05 bits per heavy atom. The van der Waals surface area contributed by atoms with Crippen molar-refractivity contribution in [3.8, 4) is 11.5 Å². The minimum Gasteiger partial charge on any atom is -0.493 e. The van der Waals surface area contributed by atoms with E-state index >= 15 is 0 Å². The van der Waals surface area contributed by atoms with Gasteiger partial charge in [-0.2, -0.15) is 8.78 Å². The number of hydrogen-bond donors (Lipinski definition) is 0. The Balaban J connectivity index is 1.94. The molecule has 0 amide bonds. The van der Waals surface area contributed by atoms with Crippen molar-refractivity contribution >= 4 is 0 Å². The molecule has 1 aliphatic rings. The van der Waals surface area contributed by atoms with Crippen molar-refractivity contribution in [1.82, 2.24) is 4.90 Å². The van der Waals surface area contributed by atoms with Crippen LogP contribution in [-0.2, 0) is 11.2 Å². The first-order chi connectivity index (χ1) is 10.2. The topological polar surface area (TPSA) is 30.9 Å². The first-order valence-corrected chi connectivity index (χ1v) is 7.11. The van der Waals surface area contributed by atoms with Gasteiger partial charge in [0.2, 0.25) is 0 Å². The van der Waals surface area contributed by atoms with E-state index in [1.54, 1.807) is 18.2 Å². The highest BCUT2D eigenvalue weighted by molar-refractivity contribution is 5.46. The van der Waals surface area contributed by atoms with Gasteiger partial charge in [0.1, 0.15) is 0 Å². The first-order valence-electron chi connectivity index (χ1n) is 7.11. The van der Waals surface area contributed by atoms with E-state index in [-0.39, 0.29) is 5.75 Å². The zero-order valence-electron chi connectivity index (χ0n) is 12.2. The summed E-state index contributed by atoms with van der Waals surface area (Å²) in [4.78, 5) is 2.32. The number of ether oxygens (including phenoxy) is 3. The predicted octanol–water partition coefficient (Wildman–Crippen LogP) is 2.56. The van der Waals surface area contributed by atoms with Gasteiger partial charge in [0, 0.05) is 13.1 Å². The van der Waals surface area contributed by atoms with Crippen LogP contribution in [0.4, 0.5) is 8.78 Å². The van der Waals surface area contributed by atoms with Gasteiger partial charge in [0.05, 0.1) is 20.3 Å². The van der Waals surface area contributed by atoms with E-state index in [4.69, 9.17) is 9.47 Å². The zero-order valence-corrected chi connectivity index (χ0v) is 12.2. The van der Waals surface area contributed by atoms with Crippen LogP contribution in [-0.4, -0.2) is 51.5 Å². The second-order valence-corrected chi connectivity index (χ2v) is 4.88. The van der Waals surface area contributed by atoms with Crippen LogP contribution in [0.5, 0.6) is 11.5 Å². The number of methoxy groups -OCH3 is 1. The molecule has 0 unspecified atom stereocenters. The average molecular weight is 301 g/mol. The third-order valence-electron chi connectivity index (χ3n) is 3.51. The molecule has 0 atom stereocenters. The lowest BCUT2D eigenvalue weighted by Crippen LogP contribution is -2.36. The number of para-hydroxylation sites is 1. The number of morpholine rings is 1. The Morgan fingerprint density at radius 1 is 1.29 bits per heavy atom. The van der Waals surface area contributed by atoms with E-state index in [2.05, 4.69) is 9.64 Å². The number of aryl methyl sites for hydroxylation is 1. The molecule has 1 fully saturated rings. The minimum atomic E-state index is -2.85. The summed E-state index contributed by atoms with van der Waals surface area (Å²) in [7, 11) is 1.45. The molecule has 0 aliphatic carbocycles. The maximum absolute atomic E-state index is 12.5. The highest BCUT2D eigenvalue weighted by Crippen LogP contribution is 2.33. The molecule has 21 heavy (non-hydrogen) atoms. The number of halogens is 2. The van der Waals surface area contributed by atoms with Crippen molar-refractivity contribution < 1.29 is 23.0 Å². The molecule has 0 saturated carbocycles. The Hall–Kier alpha value is -1.40. The summed E-state index contributed by atoms with van der Waals surface area (Å²) < 4.78 is 40.1. The van der Waals surface area contributed by atoms with Gasteiger partial charge in [-0.25, -0.2) is 0 Å². The summed E-state index contributed by atoms with van der Waals surface area (Å²) in [5.74, 6) is 0.496. The molecule has 1 saturated heterocycles. The van der Waals surface area contributed by atoms with Gasteiger partial charge < -0.3 is 14.2 Å². The fourth-order valence-corrected chi connectivity index (χ4v) is 2.46. The first kappa shape index (κ1) is 16.0. The third kappa shape index (κ3) is 4.82. The monoisotopic (exact) mass is 301 g/mol. The number of benzene rings is 1. The molecule has 1 aliphatic heterocycles. The van der Waals surface area contributed by atoms with Crippen molar-refractivity contribution in [2.75, 3.05) is 40.0 Å². The quantitative estimate of drug-likeness (QED) is 0.774. The smallest absolute Gasteiger partial charge is 0.387 e. The van der Waals surface area contributed by atoms with E-state index in [0.29, 0.717) is 12.2 Å². The van der Waals surface area contributed by atoms with Crippen LogP contribution in [0.2, 0.25) is 0 Å². The number of hydrogen-bond acceptors (Lipinski definition) is 4. The molecule has 6 heteroatoms. The summed E-state index contributed by atoms with van der Waals surface area (Å²) >= 11 is 0. The Kier molecular flexibility index (Phi) is 6.20. The van der Waals surface area contributed by atoms with Crippen molar-refractivity contribution in [1.29, 1.82) is 0 Å². The van der Waals surface area contributed by atoms with Gasteiger partial charge in [-0.3, -0.25) is 4.90 Å². The fraction of sp³-hybridized carbons (Fsp3) is 0.600. The van der Waals surface area contributed by atoms with Crippen molar-refractivity contribution in [2.24, 2.45) is 0 Å². The molecule has 0 radical (unpaired) electrons. The van der Waals surface area contributed by atoms with Crippen LogP contribution in [0, 0.1) is 0 Å². The number of nitrogens with zero attached hydrogens (tertiary/aromatic N) is 1. The minimum absolute atomic E-state index is 0.150. The standard InChI is InChI=1S/C15H21F2NO3/c1-19-13-6-2-4-12(14(13)21-15(16)17)5-3-7-18-8-10-20-11-9-18/h2,4,6,15H,3,5,7-11H2,1H3. The van der Waals surface area contributed by atoms with Crippen molar-refractivity contribution in [2.45, 2.75) is 19.5 Å². The molecule has 2 rings (SSSR count). The Bertz CT molecular complexity index is 437. The molecule has 0 aromatic heterocycles. The van der Waals surface area contributed by atoms with Crippen LogP contribution in [0.1, 0.15) is 12.0 Å². The molecule has 4 nitrogen and oxygen atoms in total. The molecular weight excluding hydrogens is 280 g/mol. The predicted molar refractivity (Wildman–Crippen MR) is 75.2 cm³/mol. The summed E-state index contributed by atoms with van der Waals surface area (Å²) in [5, 5.41) is 0. The summed E-state index contributed by atoms with van der Waals surface area (Å²) in [6, 6.07) is 5.23. The molecular formula is C15H21F2NO3. The lowest BCUT2D eigenvalue weighted by Gasteiger charge is -2.26. The highest BCUT2D eigenvalue weighted by Gasteiger charge is 2.16.